The third kappa shape index (κ3) is 2.77. The van der Waals surface area contributed by atoms with Crippen molar-refractivity contribution in [3.63, 3.8) is 0 Å². The second-order valence-electron chi connectivity index (χ2n) is 5.21. The number of hydrogen-bond acceptors (Lipinski definition) is 4. The second-order valence-corrected chi connectivity index (χ2v) is 5.21. The molecule has 1 heterocycles. The third-order valence-corrected chi connectivity index (χ3v) is 3.46. The molecule has 4 heteroatoms. The van der Waals surface area contributed by atoms with E-state index < -0.39 is 0 Å². The molecule has 104 valence electrons. The fraction of sp³-hybridized carbons (Fsp3) is 0.235. The summed E-state index contributed by atoms with van der Waals surface area (Å²) in [4.78, 5) is 4.47. The fourth-order valence-corrected chi connectivity index (χ4v) is 2.39. The largest absolute Gasteiger partial charge is 0.339 e. The van der Waals surface area contributed by atoms with Gasteiger partial charge in [0.2, 0.25) is 11.7 Å². The van der Waals surface area contributed by atoms with Gasteiger partial charge in [-0.1, -0.05) is 54.5 Å². The molecule has 3 rings (SSSR count). The van der Waals surface area contributed by atoms with E-state index in [0.29, 0.717) is 24.6 Å². The molecule has 2 aromatic carbocycles. The van der Waals surface area contributed by atoms with Crippen molar-refractivity contribution in [2.24, 2.45) is 5.92 Å². The van der Waals surface area contributed by atoms with E-state index in [1.165, 1.54) is 0 Å². The first-order valence-corrected chi connectivity index (χ1v) is 6.95. The molecule has 0 saturated carbocycles. The standard InChI is InChI=1S/C17H15N3O/c1-12(9-10-18)11-16-19-17(20-21-16)15-8-4-6-13-5-2-3-7-14(13)15/h2-8,12H,9,11H2,1H3. The van der Waals surface area contributed by atoms with E-state index in [9.17, 15) is 0 Å². The lowest BCUT2D eigenvalue weighted by molar-refractivity contribution is 0.359. The van der Waals surface area contributed by atoms with Crippen LogP contribution in [0.4, 0.5) is 0 Å². The number of benzene rings is 2. The Balaban J connectivity index is 1.94. The molecule has 0 N–H and O–H groups in total. The minimum atomic E-state index is 0.218. The predicted molar refractivity (Wildman–Crippen MR) is 80.3 cm³/mol. The van der Waals surface area contributed by atoms with E-state index in [1.54, 1.807) is 0 Å². The Morgan fingerprint density at radius 3 is 2.86 bits per heavy atom. The van der Waals surface area contributed by atoms with Gasteiger partial charge in [0.15, 0.2) is 0 Å². The summed E-state index contributed by atoms with van der Waals surface area (Å²) in [5, 5.41) is 15.0. The number of aromatic nitrogens is 2. The maximum Gasteiger partial charge on any atom is 0.227 e. The molecular formula is C17H15N3O. The molecule has 1 unspecified atom stereocenters. The van der Waals surface area contributed by atoms with Crippen molar-refractivity contribution >= 4 is 10.8 Å². The lowest BCUT2D eigenvalue weighted by atomic mass is 10.0. The minimum Gasteiger partial charge on any atom is -0.339 e. The van der Waals surface area contributed by atoms with E-state index in [2.05, 4.69) is 34.4 Å². The Hall–Kier alpha value is -2.67. The van der Waals surface area contributed by atoms with E-state index >= 15 is 0 Å². The summed E-state index contributed by atoms with van der Waals surface area (Å²) in [7, 11) is 0. The van der Waals surface area contributed by atoms with Crippen LogP contribution in [-0.4, -0.2) is 10.1 Å². The van der Waals surface area contributed by atoms with Crippen LogP contribution >= 0.6 is 0 Å². The molecule has 0 spiro atoms. The summed E-state index contributed by atoms with van der Waals surface area (Å²) in [6.07, 6.45) is 1.12. The average Bonchev–Trinajstić information content (AvgIpc) is 2.95. The molecule has 0 aliphatic carbocycles. The number of nitrogens with zero attached hydrogens (tertiary/aromatic N) is 3. The third-order valence-electron chi connectivity index (χ3n) is 3.46. The van der Waals surface area contributed by atoms with Crippen LogP contribution in [0.2, 0.25) is 0 Å². The van der Waals surface area contributed by atoms with E-state index in [-0.39, 0.29) is 5.92 Å². The molecule has 1 aromatic heterocycles. The quantitative estimate of drug-likeness (QED) is 0.723. The lowest BCUT2D eigenvalue weighted by Crippen LogP contribution is -1.98. The fourth-order valence-electron chi connectivity index (χ4n) is 2.39. The minimum absolute atomic E-state index is 0.218. The predicted octanol–water partition coefficient (Wildman–Crippen LogP) is 3.98. The highest BCUT2D eigenvalue weighted by Gasteiger charge is 2.13. The highest BCUT2D eigenvalue weighted by Crippen LogP contribution is 2.26. The van der Waals surface area contributed by atoms with Gasteiger partial charge in [-0.2, -0.15) is 10.2 Å². The van der Waals surface area contributed by atoms with Crippen LogP contribution in [0.5, 0.6) is 0 Å². The van der Waals surface area contributed by atoms with E-state index in [0.717, 1.165) is 16.3 Å². The SMILES string of the molecule is CC(CC#N)Cc1nc(-c2cccc3ccccc23)no1. The zero-order chi connectivity index (χ0) is 14.7. The smallest absolute Gasteiger partial charge is 0.227 e. The molecule has 0 amide bonds. The summed E-state index contributed by atoms with van der Waals surface area (Å²) < 4.78 is 5.31. The summed E-state index contributed by atoms with van der Waals surface area (Å²) in [6, 6.07) is 16.3. The lowest BCUT2D eigenvalue weighted by Gasteiger charge is -2.02. The topological polar surface area (TPSA) is 62.7 Å². The first-order chi connectivity index (χ1) is 10.3. The highest BCUT2D eigenvalue weighted by molar-refractivity contribution is 5.94. The Morgan fingerprint density at radius 1 is 1.19 bits per heavy atom. The average molecular weight is 277 g/mol. The summed E-state index contributed by atoms with van der Waals surface area (Å²) in [6.45, 7) is 2.00. The Labute approximate surface area is 123 Å². The van der Waals surface area contributed by atoms with Gasteiger partial charge in [-0.3, -0.25) is 0 Å². The van der Waals surface area contributed by atoms with Crippen molar-refractivity contribution < 1.29 is 4.52 Å². The molecule has 21 heavy (non-hydrogen) atoms. The molecule has 0 saturated heterocycles. The van der Waals surface area contributed by atoms with Crippen molar-refractivity contribution in [2.75, 3.05) is 0 Å². The van der Waals surface area contributed by atoms with Crippen LogP contribution < -0.4 is 0 Å². The van der Waals surface area contributed by atoms with Crippen LogP contribution in [0.3, 0.4) is 0 Å². The molecule has 0 radical (unpaired) electrons. The molecule has 0 aliphatic heterocycles. The van der Waals surface area contributed by atoms with Gasteiger partial charge in [0.1, 0.15) is 0 Å². The van der Waals surface area contributed by atoms with Crippen molar-refractivity contribution in [1.82, 2.24) is 10.1 Å². The van der Waals surface area contributed by atoms with Crippen molar-refractivity contribution in [1.29, 1.82) is 5.26 Å². The molecule has 1 atom stereocenters. The first-order valence-electron chi connectivity index (χ1n) is 6.95. The normalized spacial score (nSPS) is 12.2. The van der Waals surface area contributed by atoms with Crippen molar-refractivity contribution in [3.05, 3.63) is 48.4 Å². The van der Waals surface area contributed by atoms with Gasteiger partial charge in [0.05, 0.1) is 6.07 Å². The monoisotopic (exact) mass is 277 g/mol. The summed E-state index contributed by atoms with van der Waals surface area (Å²) in [5.74, 6) is 1.41. The van der Waals surface area contributed by atoms with Gasteiger partial charge >= 0.3 is 0 Å². The number of rotatable bonds is 4. The van der Waals surface area contributed by atoms with Crippen LogP contribution in [0.25, 0.3) is 22.2 Å². The Bertz CT molecular complexity index is 796. The zero-order valence-corrected chi connectivity index (χ0v) is 11.8. The Kier molecular flexibility index (Phi) is 3.65. The van der Waals surface area contributed by atoms with Crippen LogP contribution in [0, 0.1) is 17.2 Å². The van der Waals surface area contributed by atoms with Gasteiger partial charge in [-0.15, -0.1) is 0 Å². The summed E-state index contributed by atoms with van der Waals surface area (Å²) >= 11 is 0. The van der Waals surface area contributed by atoms with Gasteiger partial charge in [0.25, 0.3) is 0 Å². The molecule has 3 aromatic rings. The first kappa shape index (κ1) is 13.3. The number of nitriles is 1. The van der Waals surface area contributed by atoms with Crippen LogP contribution in [0.15, 0.2) is 47.0 Å². The zero-order valence-electron chi connectivity index (χ0n) is 11.8. The molecule has 0 fully saturated rings. The number of fused-ring (bicyclic) bond motifs is 1. The van der Waals surface area contributed by atoms with Gasteiger partial charge in [0, 0.05) is 18.4 Å². The molecule has 4 nitrogen and oxygen atoms in total. The number of hydrogen-bond donors (Lipinski definition) is 0. The highest BCUT2D eigenvalue weighted by atomic mass is 16.5. The van der Waals surface area contributed by atoms with Crippen molar-refractivity contribution in [3.8, 4) is 17.5 Å². The molecular weight excluding hydrogens is 262 g/mol. The maximum atomic E-state index is 8.70. The molecule has 0 bridgehead atoms. The second kappa shape index (κ2) is 5.76. The molecule has 0 aliphatic rings. The van der Waals surface area contributed by atoms with Gasteiger partial charge in [-0.25, -0.2) is 0 Å². The maximum absolute atomic E-state index is 8.70. The van der Waals surface area contributed by atoms with Crippen molar-refractivity contribution in [2.45, 2.75) is 19.8 Å². The van der Waals surface area contributed by atoms with Crippen LogP contribution in [0.1, 0.15) is 19.2 Å². The van der Waals surface area contributed by atoms with E-state index in [1.807, 2.05) is 31.2 Å². The van der Waals surface area contributed by atoms with Crippen LogP contribution in [-0.2, 0) is 6.42 Å². The summed E-state index contributed by atoms with van der Waals surface area (Å²) in [5.41, 5.74) is 0.969. The van der Waals surface area contributed by atoms with E-state index in [4.69, 9.17) is 9.78 Å². The van der Waals surface area contributed by atoms with Gasteiger partial charge < -0.3 is 4.52 Å². The van der Waals surface area contributed by atoms with Gasteiger partial charge in [-0.05, 0) is 16.7 Å². The Morgan fingerprint density at radius 2 is 2.00 bits per heavy atom.